The first-order valence-electron chi connectivity index (χ1n) is 6.89. The van der Waals surface area contributed by atoms with Crippen molar-refractivity contribution in [2.45, 2.75) is 50.6 Å². The van der Waals surface area contributed by atoms with Crippen molar-refractivity contribution in [2.24, 2.45) is 5.73 Å². The standard InChI is InChI=1S/C13H28N2O2/c1-17-11-13(7-5-8-14)15-9-4-2-3-6-12(15)10-16/h12-13,16H,2-11,14H2,1H3. The zero-order chi connectivity index (χ0) is 12.5. The van der Waals surface area contributed by atoms with Crippen LogP contribution in [0.4, 0.5) is 0 Å². The number of aliphatic hydroxyl groups excluding tert-OH is 1. The van der Waals surface area contributed by atoms with Crippen molar-refractivity contribution >= 4 is 0 Å². The minimum atomic E-state index is 0.267. The number of hydrogen-bond acceptors (Lipinski definition) is 4. The quantitative estimate of drug-likeness (QED) is 0.701. The molecule has 1 aliphatic rings. The molecule has 0 aliphatic carbocycles. The maximum atomic E-state index is 9.52. The van der Waals surface area contributed by atoms with E-state index >= 15 is 0 Å². The largest absolute Gasteiger partial charge is 0.395 e. The van der Waals surface area contributed by atoms with Crippen molar-refractivity contribution < 1.29 is 9.84 Å². The Hall–Kier alpha value is -0.160. The van der Waals surface area contributed by atoms with Gasteiger partial charge in [-0.05, 0) is 38.8 Å². The second-order valence-corrected chi connectivity index (χ2v) is 4.96. The minimum Gasteiger partial charge on any atom is -0.395 e. The summed E-state index contributed by atoms with van der Waals surface area (Å²) in [7, 11) is 1.75. The number of methoxy groups -OCH3 is 1. The predicted octanol–water partition coefficient (Wildman–Crippen LogP) is 0.977. The summed E-state index contributed by atoms with van der Waals surface area (Å²) in [5, 5.41) is 9.52. The highest BCUT2D eigenvalue weighted by molar-refractivity contribution is 4.81. The van der Waals surface area contributed by atoms with E-state index in [1.165, 1.54) is 19.3 Å². The number of aliphatic hydroxyl groups is 1. The van der Waals surface area contributed by atoms with E-state index in [1.807, 2.05) is 0 Å². The Morgan fingerprint density at radius 2 is 2.24 bits per heavy atom. The fourth-order valence-electron chi connectivity index (χ4n) is 2.77. The lowest BCUT2D eigenvalue weighted by Gasteiger charge is -2.36. The van der Waals surface area contributed by atoms with Crippen molar-refractivity contribution in [3.63, 3.8) is 0 Å². The summed E-state index contributed by atoms with van der Waals surface area (Å²) in [5.74, 6) is 0. The third kappa shape index (κ3) is 4.92. The number of hydrogen-bond donors (Lipinski definition) is 2. The van der Waals surface area contributed by atoms with E-state index in [2.05, 4.69) is 4.90 Å². The van der Waals surface area contributed by atoms with E-state index in [9.17, 15) is 5.11 Å². The Balaban J connectivity index is 2.58. The summed E-state index contributed by atoms with van der Waals surface area (Å²) in [6.45, 7) is 2.83. The second-order valence-electron chi connectivity index (χ2n) is 4.96. The van der Waals surface area contributed by atoms with E-state index < -0.39 is 0 Å². The van der Waals surface area contributed by atoms with Gasteiger partial charge < -0.3 is 15.6 Å². The highest BCUT2D eigenvalue weighted by Gasteiger charge is 2.26. The first-order chi connectivity index (χ1) is 8.33. The number of nitrogens with zero attached hydrogens (tertiary/aromatic N) is 1. The molecule has 0 aromatic heterocycles. The van der Waals surface area contributed by atoms with E-state index in [4.69, 9.17) is 10.5 Å². The molecule has 0 aromatic rings. The maximum Gasteiger partial charge on any atom is 0.0618 e. The third-order valence-electron chi connectivity index (χ3n) is 3.70. The lowest BCUT2D eigenvalue weighted by molar-refractivity contribution is 0.0346. The number of likely N-dealkylation sites (tertiary alicyclic amines) is 1. The number of rotatable bonds is 7. The molecule has 1 fully saturated rings. The van der Waals surface area contributed by atoms with Gasteiger partial charge in [-0.2, -0.15) is 0 Å². The molecule has 0 amide bonds. The summed E-state index contributed by atoms with van der Waals surface area (Å²) >= 11 is 0. The van der Waals surface area contributed by atoms with Crippen molar-refractivity contribution in [3.8, 4) is 0 Å². The van der Waals surface area contributed by atoms with E-state index in [0.717, 1.165) is 39.0 Å². The minimum absolute atomic E-state index is 0.267. The van der Waals surface area contributed by atoms with Crippen LogP contribution < -0.4 is 5.73 Å². The van der Waals surface area contributed by atoms with Gasteiger partial charge in [0.2, 0.25) is 0 Å². The van der Waals surface area contributed by atoms with Gasteiger partial charge >= 0.3 is 0 Å². The topological polar surface area (TPSA) is 58.7 Å². The predicted molar refractivity (Wildman–Crippen MR) is 70.0 cm³/mol. The van der Waals surface area contributed by atoms with Crippen molar-refractivity contribution in [1.82, 2.24) is 4.90 Å². The molecular formula is C13H28N2O2. The number of ether oxygens (including phenoxy) is 1. The second kappa shape index (κ2) is 8.86. The van der Waals surface area contributed by atoms with Gasteiger partial charge in [-0.3, -0.25) is 4.90 Å². The molecule has 0 aromatic carbocycles. The summed E-state index contributed by atoms with van der Waals surface area (Å²) in [4.78, 5) is 2.45. The number of nitrogens with two attached hydrogens (primary N) is 1. The van der Waals surface area contributed by atoms with Crippen molar-refractivity contribution in [2.75, 3.05) is 33.4 Å². The van der Waals surface area contributed by atoms with Crippen LogP contribution in [0.2, 0.25) is 0 Å². The maximum absolute atomic E-state index is 9.52. The fraction of sp³-hybridized carbons (Fsp3) is 1.00. The zero-order valence-corrected chi connectivity index (χ0v) is 11.1. The molecule has 0 bridgehead atoms. The summed E-state index contributed by atoms with van der Waals surface area (Å²) in [6.07, 6.45) is 6.96. The molecule has 17 heavy (non-hydrogen) atoms. The average Bonchev–Trinajstić information content (AvgIpc) is 2.59. The van der Waals surface area contributed by atoms with Crippen LogP contribution in [0.15, 0.2) is 0 Å². The van der Waals surface area contributed by atoms with Gasteiger partial charge in [-0.25, -0.2) is 0 Å². The highest BCUT2D eigenvalue weighted by atomic mass is 16.5. The molecule has 4 heteroatoms. The summed E-state index contributed by atoms with van der Waals surface area (Å²) in [5.41, 5.74) is 5.59. The average molecular weight is 244 g/mol. The molecule has 1 saturated heterocycles. The summed E-state index contributed by atoms with van der Waals surface area (Å²) in [6, 6.07) is 0.731. The van der Waals surface area contributed by atoms with Gasteiger partial charge in [0.05, 0.1) is 13.2 Å². The van der Waals surface area contributed by atoms with Crippen LogP contribution in [-0.2, 0) is 4.74 Å². The molecule has 1 rings (SSSR count). The van der Waals surface area contributed by atoms with Crippen LogP contribution in [0.1, 0.15) is 38.5 Å². The Labute approximate surface area is 105 Å². The van der Waals surface area contributed by atoms with Gasteiger partial charge in [0.15, 0.2) is 0 Å². The Morgan fingerprint density at radius 1 is 1.41 bits per heavy atom. The molecule has 1 heterocycles. The molecule has 0 saturated carbocycles. The molecule has 0 spiro atoms. The molecule has 2 unspecified atom stereocenters. The van der Waals surface area contributed by atoms with Gasteiger partial charge in [0, 0.05) is 19.2 Å². The van der Waals surface area contributed by atoms with Crippen LogP contribution in [0, 0.1) is 0 Å². The molecule has 1 aliphatic heterocycles. The lowest BCUT2D eigenvalue weighted by Crippen LogP contribution is -2.47. The summed E-state index contributed by atoms with van der Waals surface area (Å²) < 4.78 is 5.32. The first kappa shape index (κ1) is 14.9. The van der Waals surface area contributed by atoms with Crippen LogP contribution in [0.5, 0.6) is 0 Å². The molecular weight excluding hydrogens is 216 g/mol. The Morgan fingerprint density at radius 3 is 2.88 bits per heavy atom. The third-order valence-corrected chi connectivity index (χ3v) is 3.70. The normalized spacial score (nSPS) is 24.5. The van der Waals surface area contributed by atoms with Crippen molar-refractivity contribution in [1.29, 1.82) is 0 Å². The Bertz CT molecular complexity index is 190. The van der Waals surface area contributed by atoms with Gasteiger partial charge in [-0.15, -0.1) is 0 Å². The SMILES string of the molecule is COCC(CCCN)N1CCCCCC1CO. The highest BCUT2D eigenvalue weighted by Crippen LogP contribution is 2.21. The first-order valence-corrected chi connectivity index (χ1v) is 6.89. The molecule has 0 radical (unpaired) electrons. The molecule has 3 N–H and O–H groups in total. The fourth-order valence-corrected chi connectivity index (χ4v) is 2.77. The van der Waals surface area contributed by atoms with E-state index in [0.29, 0.717) is 12.1 Å². The van der Waals surface area contributed by atoms with Gasteiger partial charge in [0.25, 0.3) is 0 Å². The zero-order valence-electron chi connectivity index (χ0n) is 11.1. The Kier molecular flexibility index (Phi) is 7.77. The van der Waals surface area contributed by atoms with Crippen molar-refractivity contribution in [3.05, 3.63) is 0 Å². The van der Waals surface area contributed by atoms with E-state index in [-0.39, 0.29) is 6.61 Å². The molecule has 2 atom stereocenters. The van der Waals surface area contributed by atoms with Crippen LogP contribution in [0.3, 0.4) is 0 Å². The molecule has 4 nitrogen and oxygen atoms in total. The monoisotopic (exact) mass is 244 g/mol. The lowest BCUT2D eigenvalue weighted by atomic mass is 10.1. The van der Waals surface area contributed by atoms with E-state index in [1.54, 1.807) is 7.11 Å². The smallest absolute Gasteiger partial charge is 0.0618 e. The van der Waals surface area contributed by atoms with Crippen LogP contribution >= 0.6 is 0 Å². The van der Waals surface area contributed by atoms with Gasteiger partial charge in [-0.1, -0.05) is 12.8 Å². The van der Waals surface area contributed by atoms with Crippen LogP contribution in [-0.4, -0.2) is 55.5 Å². The van der Waals surface area contributed by atoms with Gasteiger partial charge in [0.1, 0.15) is 0 Å². The molecule has 102 valence electrons. The van der Waals surface area contributed by atoms with Crippen LogP contribution in [0.25, 0.3) is 0 Å².